The summed E-state index contributed by atoms with van der Waals surface area (Å²) in [5, 5.41) is 2.53. The van der Waals surface area contributed by atoms with Crippen molar-refractivity contribution < 1.29 is 4.79 Å². The summed E-state index contributed by atoms with van der Waals surface area (Å²) in [5.41, 5.74) is 0. The van der Waals surface area contributed by atoms with Crippen LogP contribution in [0.3, 0.4) is 0 Å². The van der Waals surface area contributed by atoms with E-state index in [1.54, 1.807) is 13.2 Å². The Hall–Kier alpha value is -0.260. The molecule has 1 heterocycles. The highest BCUT2D eigenvalue weighted by atomic mass is 35.5. The lowest BCUT2D eigenvalue weighted by Gasteiger charge is -1.94. The summed E-state index contributed by atoms with van der Waals surface area (Å²) in [6.45, 7) is 0. The summed E-state index contributed by atoms with van der Waals surface area (Å²) in [4.78, 5) is 14.8. The van der Waals surface area contributed by atoms with E-state index in [0.717, 1.165) is 4.34 Å². The second-order valence-corrected chi connectivity index (χ2v) is 4.78. The molecule has 1 aromatic heterocycles. The number of nitrogens with zero attached hydrogens (tertiary/aromatic N) is 1. The molecule has 6 heteroatoms. The Kier molecular flexibility index (Phi) is 3.84. The Bertz CT molecular complexity index is 276. The zero-order valence-corrected chi connectivity index (χ0v) is 8.72. The number of carbonyl (C=O) groups excluding carboxylic acids is 1. The first kappa shape index (κ1) is 9.83. The number of thiazole rings is 1. The van der Waals surface area contributed by atoms with E-state index in [1.165, 1.54) is 23.1 Å². The number of halogens is 1. The average Bonchev–Trinajstić information content (AvgIpc) is 2.47. The molecule has 0 radical (unpaired) electrons. The van der Waals surface area contributed by atoms with Crippen molar-refractivity contribution in [2.24, 2.45) is 0 Å². The third kappa shape index (κ3) is 3.00. The topological polar surface area (TPSA) is 42.0 Å². The largest absolute Gasteiger partial charge is 0.358 e. The van der Waals surface area contributed by atoms with Gasteiger partial charge >= 0.3 is 0 Å². The third-order valence-electron chi connectivity index (χ3n) is 1.06. The first-order valence-corrected chi connectivity index (χ1v) is 5.35. The van der Waals surface area contributed by atoms with Crippen LogP contribution in [0.25, 0.3) is 0 Å². The maximum atomic E-state index is 10.8. The molecule has 1 amide bonds. The van der Waals surface area contributed by atoms with E-state index in [-0.39, 0.29) is 5.91 Å². The monoisotopic (exact) mass is 222 g/mol. The number of rotatable bonds is 3. The first-order chi connectivity index (χ1) is 5.72. The fourth-order valence-corrected chi connectivity index (χ4v) is 2.50. The Morgan fingerprint density at radius 1 is 1.92 bits per heavy atom. The molecule has 0 aliphatic heterocycles. The summed E-state index contributed by atoms with van der Waals surface area (Å²) in [5.74, 6) is 0.381. The molecule has 0 atom stereocenters. The summed E-state index contributed by atoms with van der Waals surface area (Å²) in [6.07, 6.45) is 1.58. The van der Waals surface area contributed by atoms with Crippen LogP contribution in [0.5, 0.6) is 0 Å². The highest BCUT2D eigenvalue weighted by Gasteiger charge is 2.03. The number of aromatic nitrogens is 1. The standard InChI is InChI=1S/C6H7ClN2OS2/c1-8-5(10)3-11-6-9-2-4(7)12-6/h2H,3H2,1H3,(H,8,10). The van der Waals surface area contributed by atoms with Gasteiger partial charge in [-0.25, -0.2) is 4.98 Å². The zero-order valence-electron chi connectivity index (χ0n) is 6.33. The normalized spacial score (nSPS) is 9.83. The van der Waals surface area contributed by atoms with E-state index >= 15 is 0 Å². The quantitative estimate of drug-likeness (QED) is 0.791. The minimum atomic E-state index is -0.00803. The van der Waals surface area contributed by atoms with Crippen molar-refractivity contribution in [2.75, 3.05) is 12.8 Å². The second kappa shape index (κ2) is 4.69. The molecule has 12 heavy (non-hydrogen) atoms. The van der Waals surface area contributed by atoms with Crippen LogP contribution in [-0.2, 0) is 4.79 Å². The SMILES string of the molecule is CNC(=O)CSc1ncc(Cl)s1. The molecule has 0 spiro atoms. The molecular weight excluding hydrogens is 216 g/mol. The molecule has 0 aliphatic carbocycles. The van der Waals surface area contributed by atoms with Crippen LogP contribution in [0.2, 0.25) is 4.34 Å². The van der Waals surface area contributed by atoms with E-state index in [1.807, 2.05) is 0 Å². The molecule has 1 N–H and O–H groups in total. The van der Waals surface area contributed by atoms with Crippen molar-refractivity contribution in [1.82, 2.24) is 10.3 Å². The molecule has 0 aromatic carbocycles. The smallest absolute Gasteiger partial charge is 0.230 e. The van der Waals surface area contributed by atoms with Crippen molar-refractivity contribution in [3.8, 4) is 0 Å². The van der Waals surface area contributed by atoms with Gasteiger partial charge in [-0.2, -0.15) is 0 Å². The second-order valence-electron chi connectivity index (χ2n) is 1.89. The molecule has 0 bridgehead atoms. The van der Waals surface area contributed by atoms with Crippen molar-refractivity contribution in [1.29, 1.82) is 0 Å². The number of thioether (sulfide) groups is 1. The molecule has 3 nitrogen and oxygen atoms in total. The molecular formula is C6H7ClN2OS2. The molecule has 66 valence electrons. The molecule has 1 rings (SSSR count). The minimum absolute atomic E-state index is 0.00803. The van der Waals surface area contributed by atoms with Crippen LogP contribution in [0, 0.1) is 0 Å². The van der Waals surface area contributed by atoms with Gasteiger partial charge < -0.3 is 5.32 Å². The minimum Gasteiger partial charge on any atom is -0.358 e. The van der Waals surface area contributed by atoms with E-state index < -0.39 is 0 Å². The fourth-order valence-electron chi connectivity index (χ4n) is 0.506. The number of hydrogen-bond donors (Lipinski definition) is 1. The summed E-state index contributed by atoms with van der Waals surface area (Å²) in [6, 6.07) is 0. The summed E-state index contributed by atoms with van der Waals surface area (Å²) in [7, 11) is 1.61. The van der Waals surface area contributed by atoms with Gasteiger partial charge in [0.25, 0.3) is 0 Å². The fraction of sp³-hybridized carbons (Fsp3) is 0.333. The van der Waals surface area contributed by atoms with Gasteiger partial charge in [0.15, 0.2) is 4.34 Å². The number of hydrogen-bond acceptors (Lipinski definition) is 4. The Balaban J connectivity index is 2.38. The van der Waals surface area contributed by atoms with Crippen molar-refractivity contribution in [2.45, 2.75) is 4.34 Å². The predicted octanol–water partition coefficient (Wildman–Crippen LogP) is 1.63. The zero-order chi connectivity index (χ0) is 8.97. The van der Waals surface area contributed by atoms with Crippen LogP contribution >= 0.6 is 34.7 Å². The van der Waals surface area contributed by atoms with Gasteiger partial charge in [0, 0.05) is 7.05 Å². The Morgan fingerprint density at radius 2 is 2.67 bits per heavy atom. The van der Waals surface area contributed by atoms with Gasteiger partial charge in [-0.3, -0.25) is 4.79 Å². The first-order valence-electron chi connectivity index (χ1n) is 3.17. The average molecular weight is 223 g/mol. The lowest BCUT2D eigenvalue weighted by molar-refractivity contribution is -0.118. The highest BCUT2D eigenvalue weighted by molar-refractivity contribution is 8.01. The van der Waals surface area contributed by atoms with Gasteiger partial charge in [0.1, 0.15) is 4.34 Å². The van der Waals surface area contributed by atoms with Gasteiger partial charge in [0.05, 0.1) is 11.9 Å². The van der Waals surface area contributed by atoms with Gasteiger partial charge in [-0.1, -0.05) is 34.7 Å². The lowest BCUT2D eigenvalue weighted by atomic mass is 10.7. The van der Waals surface area contributed by atoms with Crippen LogP contribution in [0.4, 0.5) is 0 Å². The Labute approximate surface area is 83.5 Å². The van der Waals surface area contributed by atoms with E-state index in [0.29, 0.717) is 10.1 Å². The van der Waals surface area contributed by atoms with E-state index in [4.69, 9.17) is 11.6 Å². The summed E-state index contributed by atoms with van der Waals surface area (Å²) >= 11 is 8.41. The molecule has 0 aliphatic rings. The number of nitrogens with one attached hydrogen (secondary N) is 1. The third-order valence-corrected chi connectivity index (χ3v) is 3.33. The maximum absolute atomic E-state index is 10.8. The van der Waals surface area contributed by atoms with E-state index in [2.05, 4.69) is 10.3 Å². The number of amides is 1. The molecule has 0 unspecified atom stereocenters. The van der Waals surface area contributed by atoms with Crippen LogP contribution in [0.15, 0.2) is 10.5 Å². The van der Waals surface area contributed by atoms with Crippen LogP contribution < -0.4 is 5.32 Å². The lowest BCUT2D eigenvalue weighted by Crippen LogP contribution is -2.19. The maximum Gasteiger partial charge on any atom is 0.230 e. The van der Waals surface area contributed by atoms with Gasteiger partial charge in [-0.15, -0.1) is 0 Å². The Morgan fingerprint density at radius 3 is 3.17 bits per heavy atom. The van der Waals surface area contributed by atoms with Crippen molar-refractivity contribution in [3.05, 3.63) is 10.5 Å². The molecule has 0 saturated heterocycles. The van der Waals surface area contributed by atoms with E-state index in [9.17, 15) is 4.79 Å². The highest BCUT2D eigenvalue weighted by Crippen LogP contribution is 2.26. The predicted molar refractivity (Wildman–Crippen MR) is 51.9 cm³/mol. The molecule has 1 aromatic rings. The van der Waals surface area contributed by atoms with Crippen LogP contribution in [-0.4, -0.2) is 23.7 Å². The van der Waals surface area contributed by atoms with Crippen molar-refractivity contribution in [3.63, 3.8) is 0 Å². The summed E-state index contributed by atoms with van der Waals surface area (Å²) < 4.78 is 1.47. The van der Waals surface area contributed by atoms with Crippen LogP contribution in [0.1, 0.15) is 0 Å². The van der Waals surface area contributed by atoms with Gasteiger partial charge in [-0.05, 0) is 0 Å². The molecule has 0 saturated carbocycles. The van der Waals surface area contributed by atoms with Crippen molar-refractivity contribution >= 4 is 40.6 Å². The van der Waals surface area contributed by atoms with Gasteiger partial charge in [0.2, 0.25) is 5.91 Å². The number of carbonyl (C=O) groups is 1. The molecule has 0 fully saturated rings.